The summed E-state index contributed by atoms with van der Waals surface area (Å²) in [6.07, 6.45) is 2.14. The number of morpholine rings is 1. The maximum atomic E-state index is 11.9. The normalized spacial score (nSPS) is 18.0. The molecule has 1 saturated heterocycles. The molecule has 0 bridgehead atoms. The lowest BCUT2D eigenvalue weighted by atomic mass is 10.1. The van der Waals surface area contributed by atoms with Crippen LogP contribution in [0.2, 0.25) is 0 Å². The second-order valence-corrected chi connectivity index (χ2v) is 6.63. The first-order chi connectivity index (χ1) is 13.2. The minimum Gasteiger partial charge on any atom is -0.466 e. The molecule has 142 valence electrons. The van der Waals surface area contributed by atoms with Crippen LogP contribution in [0.15, 0.2) is 40.9 Å². The van der Waals surface area contributed by atoms with Crippen LogP contribution >= 0.6 is 0 Å². The highest BCUT2D eigenvalue weighted by atomic mass is 16.5. The zero-order chi connectivity index (χ0) is 18.6. The average molecular weight is 369 g/mol. The average Bonchev–Trinajstić information content (AvgIpc) is 3.29. The number of esters is 1. The second kappa shape index (κ2) is 7.94. The Kier molecular flexibility index (Phi) is 5.22. The van der Waals surface area contributed by atoms with Crippen molar-refractivity contribution in [2.24, 2.45) is 0 Å². The Balaban J connectivity index is 1.53. The summed E-state index contributed by atoms with van der Waals surface area (Å²) in [6, 6.07) is 9.93. The van der Waals surface area contributed by atoms with Crippen molar-refractivity contribution < 1.29 is 18.7 Å². The molecule has 1 aliphatic rings. The molecule has 7 nitrogen and oxygen atoms in total. The van der Waals surface area contributed by atoms with Gasteiger partial charge in [0.15, 0.2) is 5.76 Å². The third-order valence-electron chi connectivity index (χ3n) is 4.82. The fraction of sp³-hybridized carbons (Fsp3) is 0.400. The molecule has 1 aliphatic heterocycles. The van der Waals surface area contributed by atoms with E-state index in [-0.39, 0.29) is 12.0 Å². The molecule has 7 heteroatoms. The van der Waals surface area contributed by atoms with E-state index in [0.29, 0.717) is 32.8 Å². The van der Waals surface area contributed by atoms with Crippen LogP contribution in [0.5, 0.6) is 0 Å². The number of aromatic amines is 1. The van der Waals surface area contributed by atoms with Crippen LogP contribution in [-0.2, 0) is 20.8 Å². The van der Waals surface area contributed by atoms with Crippen LogP contribution in [0.1, 0.15) is 18.9 Å². The third-order valence-corrected chi connectivity index (χ3v) is 4.82. The standard InChI is InChI=1S/C20H23N3O4/c1-2-26-19(24)10-16-13-25-8-7-23(16)12-15-11-21-22-20(15)18-9-14-5-3-4-6-17(14)27-18/h3-6,9,11,16H,2,7-8,10,12-13H2,1H3,(H,21,22). The van der Waals surface area contributed by atoms with Crippen LogP contribution < -0.4 is 0 Å². The van der Waals surface area contributed by atoms with Gasteiger partial charge in [0.25, 0.3) is 0 Å². The van der Waals surface area contributed by atoms with Crippen LogP contribution in [0.25, 0.3) is 22.4 Å². The number of hydrogen-bond donors (Lipinski definition) is 1. The number of nitrogens with zero attached hydrogens (tertiary/aromatic N) is 2. The number of benzene rings is 1. The Bertz CT molecular complexity index is 884. The third kappa shape index (κ3) is 3.89. The van der Waals surface area contributed by atoms with E-state index < -0.39 is 0 Å². The number of aromatic nitrogens is 2. The number of H-pyrrole nitrogens is 1. The number of hydrogen-bond acceptors (Lipinski definition) is 6. The Morgan fingerprint density at radius 2 is 2.30 bits per heavy atom. The molecule has 2 aromatic heterocycles. The Morgan fingerprint density at radius 3 is 3.15 bits per heavy atom. The van der Waals surface area contributed by atoms with Crippen LogP contribution in [0.4, 0.5) is 0 Å². The molecule has 0 aliphatic carbocycles. The number of fused-ring (bicyclic) bond motifs is 1. The van der Waals surface area contributed by atoms with Gasteiger partial charge < -0.3 is 13.9 Å². The number of para-hydroxylation sites is 1. The monoisotopic (exact) mass is 369 g/mol. The molecular weight excluding hydrogens is 346 g/mol. The second-order valence-electron chi connectivity index (χ2n) is 6.63. The minimum absolute atomic E-state index is 0.00350. The van der Waals surface area contributed by atoms with Crippen molar-refractivity contribution in [3.05, 3.63) is 42.1 Å². The predicted octanol–water partition coefficient (Wildman–Crippen LogP) is 2.98. The zero-order valence-electron chi connectivity index (χ0n) is 15.3. The number of rotatable bonds is 6. The SMILES string of the molecule is CCOC(=O)CC1COCCN1Cc1cn[nH]c1-c1cc2ccccc2o1. The van der Waals surface area contributed by atoms with Gasteiger partial charge >= 0.3 is 5.97 Å². The zero-order valence-corrected chi connectivity index (χ0v) is 15.3. The first-order valence-electron chi connectivity index (χ1n) is 9.23. The van der Waals surface area contributed by atoms with E-state index >= 15 is 0 Å². The molecule has 0 spiro atoms. The highest BCUT2D eigenvalue weighted by Gasteiger charge is 2.27. The highest BCUT2D eigenvalue weighted by Crippen LogP contribution is 2.29. The fourth-order valence-corrected chi connectivity index (χ4v) is 3.47. The smallest absolute Gasteiger partial charge is 0.307 e. The van der Waals surface area contributed by atoms with Gasteiger partial charge in [-0.25, -0.2) is 0 Å². The minimum atomic E-state index is -0.192. The molecule has 0 saturated carbocycles. The number of furan rings is 1. The number of carbonyl (C=O) groups is 1. The largest absolute Gasteiger partial charge is 0.466 e. The number of ether oxygens (including phenoxy) is 2. The van der Waals surface area contributed by atoms with Gasteiger partial charge in [0.05, 0.1) is 32.4 Å². The summed E-state index contributed by atoms with van der Waals surface area (Å²) in [5.41, 5.74) is 2.75. The van der Waals surface area contributed by atoms with E-state index in [4.69, 9.17) is 13.9 Å². The van der Waals surface area contributed by atoms with Crippen molar-refractivity contribution in [1.82, 2.24) is 15.1 Å². The van der Waals surface area contributed by atoms with Gasteiger partial charge in [0.2, 0.25) is 0 Å². The summed E-state index contributed by atoms with van der Waals surface area (Å²) >= 11 is 0. The van der Waals surface area contributed by atoms with E-state index in [9.17, 15) is 4.79 Å². The number of carbonyl (C=O) groups excluding carboxylic acids is 1. The van der Waals surface area contributed by atoms with Crippen molar-refractivity contribution in [2.45, 2.75) is 25.9 Å². The van der Waals surface area contributed by atoms with Crippen molar-refractivity contribution >= 4 is 16.9 Å². The lowest BCUT2D eigenvalue weighted by Crippen LogP contribution is -2.46. The summed E-state index contributed by atoms with van der Waals surface area (Å²) in [7, 11) is 0. The molecular formula is C20H23N3O4. The topological polar surface area (TPSA) is 80.6 Å². The molecule has 1 fully saturated rings. The van der Waals surface area contributed by atoms with Gasteiger partial charge in [-0.1, -0.05) is 18.2 Å². The summed E-state index contributed by atoms with van der Waals surface area (Å²) in [5.74, 6) is 0.571. The molecule has 27 heavy (non-hydrogen) atoms. The van der Waals surface area contributed by atoms with E-state index in [2.05, 4.69) is 15.1 Å². The van der Waals surface area contributed by atoms with E-state index in [1.165, 1.54) is 0 Å². The van der Waals surface area contributed by atoms with E-state index in [1.54, 1.807) is 0 Å². The van der Waals surface area contributed by atoms with E-state index in [0.717, 1.165) is 34.5 Å². The molecule has 1 N–H and O–H groups in total. The van der Waals surface area contributed by atoms with Gasteiger partial charge in [-0.3, -0.25) is 14.8 Å². The highest BCUT2D eigenvalue weighted by molar-refractivity contribution is 5.82. The Labute approximate surface area is 157 Å². The molecule has 1 unspecified atom stereocenters. The van der Waals surface area contributed by atoms with Gasteiger partial charge in [-0.15, -0.1) is 0 Å². The van der Waals surface area contributed by atoms with Crippen molar-refractivity contribution in [3.63, 3.8) is 0 Å². The van der Waals surface area contributed by atoms with Crippen molar-refractivity contribution in [2.75, 3.05) is 26.4 Å². The lowest BCUT2D eigenvalue weighted by molar-refractivity contribution is -0.146. The van der Waals surface area contributed by atoms with Gasteiger partial charge in [-0.05, 0) is 19.1 Å². The molecule has 0 amide bonds. The Hall–Kier alpha value is -2.64. The summed E-state index contributed by atoms with van der Waals surface area (Å²) < 4.78 is 16.7. The van der Waals surface area contributed by atoms with Crippen LogP contribution in [-0.4, -0.2) is 53.5 Å². The van der Waals surface area contributed by atoms with Crippen LogP contribution in [0.3, 0.4) is 0 Å². The molecule has 4 rings (SSSR count). The lowest BCUT2D eigenvalue weighted by Gasteiger charge is -2.34. The fourth-order valence-electron chi connectivity index (χ4n) is 3.47. The Morgan fingerprint density at radius 1 is 1.41 bits per heavy atom. The predicted molar refractivity (Wildman–Crippen MR) is 100 cm³/mol. The molecule has 1 aromatic carbocycles. The summed E-state index contributed by atoms with van der Waals surface area (Å²) in [5, 5.41) is 8.33. The molecule has 3 heterocycles. The molecule has 3 aromatic rings. The van der Waals surface area contributed by atoms with Crippen LogP contribution in [0, 0.1) is 0 Å². The summed E-state index contributed by atoms with van der Waals surface area (Å²) in [6.45, 7) is 4.81. The summed E-state index contributed by atoms with van der Waals surface area (Å²) in [4.78, 5) is 14.2. The number of nitrogens with one attached hydrogen (secondary N) is 1. The quantitative estimate of drug-likeness (QED) is 0.673. The molecule has 0 radical (unpaired) electrons. The van der Waals surface area contributed by atoms with Crippen molar-refractivity contribution in [1.29, 1.82) is 0 Å². The van der Waals surface area contributed by atoms with Crippen molar-refractivity contribution in [3.8, 4) is 11.5 Å². The van der Waals surface area contributed by atoms with E-state index in [1.807, 2.05) is 43.5 Å². The maximum absolute atomic E-state index is 11.9. The first kappa shape index (κ1) is 17.8. The van der Waals surface area contributed by atoms with Gasteiger partial charge in [0, 0.05) is 30.1 Å². The first-order valence-corrected chi connectivity index (χ1v) is 9.23. The van der Waals surface area contributed by atoms with Gasteiger partial charge in [0.1, 0.15) is 11.3 Å². The maximum Gasteiger partial charge on any atom is 0.307 e. The molecule has 1 atom stereocenters. The van der Waals surface area contributed by atoms with Gasteiger partial charge in [-0.2, -0.15) is 5.10 Å².